The van der Waals surface area contributed by atoms with Crippen LogP contribution in [0.25, 0.3) is 0 Å². The molecule has 1 rings (SSSR count). The van der Waals surface area contributed by atoms with Crippen molar-refractivity contribution in [1.82, 2.24) is 0 Å². The molecule has 0 saturated carbocycles. The van der Waals surface area contributed by atoms with Gasteiger partial charge >= 0.3 is 0 Å². The molecule has 1 atom stereocenters. The van der Waals surface area contributed by atoms with Crippen molar-refractivity contribution in [2.75, 3.05) is 17.5 Å². The van der Waals surface area contributed by atoms with E-state index < -0.39 is 27.7 Å². The summed E-state index contributed by atoms with van der Waals surface area (Å²) in [7, 11) is -3.73. The van der Waals surface area contributed by atoms with Crippen molar-refractivity contribution in [2.24, 2.45) is 0 Å². The summed E-state index contributed by atoms with van der Waals surface area (Å²) in [5.74, 6) is -0.594. The molecule has 0 amide bonds. The normalized spacial score (nSPS) is 13.4. The van der Waals surface area contributed by atoms with Gasteiger partial charge in [0.1, 0.15) is 11.1 Å². The van der Waals surface area contributed by atoms with E-state index >= 15 is 0 Å². The van der Waals surface area contributed by atoms with Crippen LogP contribution in [-0.2, 0) is 10.0 Å². The molecule has 96 valence electrons. The number of rotatable bonds is 5. The van der Waals surface area contributed by atoms with Crippen molar-refractivity contribution in [3.8, 4) is 0 Å². The molecule has 0 saturated heterocycles. The van der Waals surface area contributed by atoms with Crippen molar-refractivity contribution in [3.05, 3.63) is 30.1 Å². The van der Waals surface area contributed by atoms with E-state index in [0.717, 1.165) is 4.31 Å². The van der Waals surface area contributed by atoms with Gasteiger partial charge in [-0.05, 0) is 26.0 Å². The molecule has 17 heavy (non-hydrogen) atoms. The Labute approximate surface area is 101 Å². The Morgan fingerprint density at radius 3 is 2.47 bits per heavy atom. The molecule has 0 aromatic heterocycles. The van der Waals surface area contributed by atoms with Gasteiger partial charge in [0.25, 0.3) is 0 Å². The molecule has 0 aliphatic carbocycles. The lowest BCUT2D eigenvalue weighted by Gasteiger charge is -2.25. The Morgan fingerprint density at radius 2 is 2.00 bits per heavy atom. The number of benzene rings is 1. The monoisotopic (exact) mass is 261 g/mol. The minimum Gasteiger partial charge on any atom is -0.395 e. The van der Waals surface area contributed by atoms with E-state index in [0.29, 0.717) is 0 Å². The fourth-order valence-electron chi connectivity index (χ4n) is 1.45. The maximum atomic E-state index is 13.6. The average Bonchev–Trinajstić information content (AvgIpc) is 2.31. The van der Waals surface area contributed by atoms with Crippen molar-refractivity contribution in [3.63, 3.8) is 0 Å². The Bertz CT molecular complexity index is 475. The van der Waals surface area contributed by atoms with Crippen LogP contribution in [0.2, 0.25) is 0 Å². The first-order chi connectivity index (χ1) is 7.95. The van der Waals surface area contributed by atoms with Crippen molar-refractivity contribution in [1.29, 1.82) is 0 Å². The highest BCUT2D eigenvalue weighted by molar-refractivity contribution is 7.93. The number of sulfonamides is 1. The molecule has 6 heteroatoms. The predicted molar refractivity (Wildman–Crippen MR) is 64.9 cm³/mol. The summed E-state index contributed by atoms with van der Waals surface area (Å²) in [5.41, 5.74) is 0.00954. The maximum absolute atomic E-state index is 13.6. The second-order valence-corrected chi connectivity index (χ2v) is 5.93. The molecule has 1 aromatic rings. The van der Waals surface area contributed by atoms with E-state index in [2.05, 4.69) is 0 Å². The molecule has 0 heterocycles. The number of hydrogen-bond donors (Lipinski definition) is 1. The van der Waals surface area contributed by atoms with Crippen LogP contribution in [0.4, 0.5) is 10.1 Å². The van der Waals surface area contributed by atoms with E-state index in [4.69, 9.17) is 5.11 Å². The first-order valence-corrected chi connectivity index (χ1v) is 6.82. The zero-order valence-corrected chi connectivity index (χ0v) is 10.6. The first kappa shape index (κ1) is 13.9. The van der Waals surface area contributed by atoms with E-state index in [1.165, 1.54) is 25.1 Å². The summed E-state index contributed by atoms with van der Waals surface area (Å²) >= 11 is 0. The van der Waals surface area contributed by atoms with Gasteiger partial charge in [-0.15, -0.1) is 0 Å². The third-order valence-electron chi connectivity index (χ3n) is 2.48. The molecule has 1 unspecified atom stereocenters. The molecule has 0 aliphatic heterocycles. The van der Waals surface area contributed by atoms with E-state index in [1.54, 1.807) is 13.0 Å². The molecule has 0 fully saturated rings. The quantitative estimate of drug-likeness (QED) is 0.870. The van der Waals surface area contributed by atoms with E-state index in [1.807, 2.05) is 0 Å². The third-order valence-corrected chi connectivity index (χ3v) is 4.72. The molecule has 0 bridgehead atoms. The minimum atomic E-state index is -3.73. The number of aliphatic hydroxyl groups is 1. The number of nitrogens with zero attached hydrogens (tertiary/aromatic N) is 1. The van der Waals surface area contributed by atoms with Crippen LogP contribution in [0.5, 0.6) is 0 Å². The molecular formula is C11H16FNO3S. The Hall–Kier alpha value is -1.14. The largest absolute Gasteiger partial charge is 0.395 e. The predicted octanol–water partition coefficient (Wildman–Crippen LogP) is 1.36. The van der Waals surface area contributed by atoms with Gasteiger partial charge in [-0.25, -0.2) is 12.8 Å². The summed E-state index contributed by atoms with van der Waals surface area (Å²) < 4.78 is 38.6. The highest BCUT2D eigenvalue weighted by atomic mass is 32.2. The lowest BCUT2D eigenvalue weighted by Crippen LogP contribution is -2.39. The first-order valence-electron chi connectivity index (χ1n) is 5.32. The van der Waals surface area contributed by atoms with Crippen molar-refractivity contribution >= 4 is 15.7 Å². The summed E-state index contributed by atoms with van der Waals surface area (Å²) in [5, 5.41) is 7.98. The topological polar surface area (TPSA) is 57.6 Å². The van der Waals surface area contributed by atoms with Gasteiger partial charge in [-0.2, -0.15) is 0 Å². The van der Waals surface area contributed by atoms with E-state index in [-0.39, 0.29) is 12.2 Å². The lowest BCUT2D eigenvalue weighted by molar-refractivity contribution is 0.295. The van der Waals surface area contributed by atoms with Crippen LogP contribution < -0.4 is 4.31 Å². The average molecular weight is 261 g/mol. The van der Waals surface area contributed by atoms with Crippen LogP contribution in [0.15, 0.2) is 24.3 Å². The fourth-order valence-corrected chi connectivity index (χ4v) is 2.86. The number of halogens is 1. The van der Waals surface area contributed by atoms with Gasteiger partial charge in [-0.1, -0.05) is 12.1 Å². The van der Waals surface area contributed by atoms with Crippen LogP contribution in [-0.4, -0.2) is 31.9 Å². The molecule has 0 spiro atoms. The smallest absolute Gasteiger partial charge is 0.240 e. The summed E-state index contributed by atoms with van der Waals surface area (Å²) in [6.07, 6.45) is 0. The second kappa shape index (κ2) is 5.46. The lowest BCUT2D eigenvalue weighted by atomic mass is 10.3. The number of para-hydroxylation sites is 1. The zero-order chi connectivity index (χ0) is 13.1. The van der Waals surface area contributed by atoms with Gasteiger partial charge < -0.3 is 5.11 Å². The number of anilines is 1. The van der Waals surface area contributed by atoms with E-state index in [9.17, 15) is 12.8 Å². The van der Waals surface area contributed by atoms with Gasteiger partial charge in [-0.3, -0.25) is 4.31 Å². The molecular weight excluding hydrogens is 245 g/mol. The molecule has 4 nitrogen and oxygen atoms in total. The summed E-state index contributed by atoms with van der Waals surface area (Å²) in [6, 6.07) is 5.67. The van der Waals surface area contributed by atoms with Crippen LogP contribution in [0, 0.1) is 5.82 Å². The maximum Gasteiger partial charge on any atom is 0.240 e. The van der Waals surface area contributed by atoms with Gasteiger partial charge in [0.05, 0.1) is 12.3 Å². The Balaban J connectivity index is 3.22. The van der Waals surface area contributed by atoms with Crippen LogP contribution in [0.3, 0.4) is 0 Å². The zero-order valence-electron chi connectivity index (χ0n) is 9.80. The minimum absolute atomic E-state index is 0.00954. The molecule has 0 radical (unpaired) electrons. The number of aliphatic hydroxyl groups excluding tert-OH is 1. The third kappa shape index (κ3) is 2.76. The summed E-state index contributed by atoms with van der Waals surface area (Å²) in [6.45, 7) is 2.63. The van der Waals surface area contributed by atoms with Gasteiger partial charge in [0.15, 0.2) is 0 Å². The standard InChI is InChI=1S/C11H16FNO3S/c1-3-13(17(15,16)9(2)8-14)11-7-5-4-6-10(11)12/h4-7,9,14H,3,8H2,1-2H3. The summed E-state index contributed by atoms with van der Waals surface area (Å²) in [4.78, 5) is 0. The fraction of sp³-hybridized carbons (Fsp3) is 0.455. The van der Waals surface area contributed by atoms with Gasteiger partial charge in [0, 0.05) is 6.54 Å². The second-order valence-electron chi connectivity index (χ2n) is 3.65. The van der Waals surface area contributed by atoms with Crippen molar-refractivity contribution in [2.45, 2.75) is 19.1 Å². The van der Waals surface area contributed by atoms with Gasteiger partial charge in [0.2, 0.25) is 10.0 Å². The van der Waals surface area contributed by atoms with Crippen LogP contribution in [0.1, 0.15) is 13.8 Å². The highest BCUT2D eigenvalue weighted by Gasteiger charge is 2.28. The molecule has 1 N–H and O–H groups in total. The highest BCUT2D eigenvalue weighted by Crippen LogP contribution is 2.23. The van der Waals surface area contributed by atoms with Crippen molar-refractivity contribution < 1.29 is 17.9 Å². The Morgan fingerprint density at radius 1 is 1.41 bits per heavy atom. The SMILES string of the molecule is CCN(c1ccccc1F)S(=O)(=O)C(C)CO. The van der Waals surface area contributed by atoms with Crippen LogP contribution >= 0.6 is 0 Å². The molecule has 0 aliphatic rings. The Kier molecular flexibility index (Phi) is 4.47. The molecule has 1 aromatic carbocycles. The number of hydrogen-bond acceptors (Lipinski definition) is 3.